The first kappa shape index (κ1) is 54.5. The number of azide groups is 3. The van der Waals surface area contributed by atoms with Gasteiger partial charge in [-0.25, -0.2) is 0 Å². The van der Waals surface area contributed by atoms with E-state index < -0.39 is 175 Å². The van der Waals surface area contributed by atoms with Crippen molar-refractivity contribution in [2.75, 3.05) is 98.9 Å². The second kappa shape index (κ2) is 29.7. The van der Waals surface area contributed by atoms with E-state index in [2.05, 4.69) is 30.1 Å². The highest BCUT2D eigenvalue weighted by molar-refractivity contribution is 5.79. The summed E-state index contributed by atoms with van der Waals surface area (Å²) in [6.07, 6.45) is -3.11. The number of nitrogens with zero attached hydrogens (tertiary/aromatic N) is 9. The van der Waals surface area contributed by atoms with Gasteiger partial charge in [-0.3, -0.25) is 28.8 Å². The van der Waals surface area contributed by atoms with Crippen LogP contribution in [0.2, 0.25) is 0 Å². The maximum atomic E-state index is 12.7. The number of esters is 6. The third kappa shape index (κ3) is 21.0. The molecule has 338 valence electrons. The van der Waals surface area contributed by atoms with E-state index in [0.717, 1.165) is 0 Å². The molecule has 0 atom stereocenters. The molecule has 0 aliphatic carbocycles. The van der Waals surface area contributed by atoms with E-state index >= 15 is 0 Å². The summed E-state index contributed by atoms with van der Waals surface area (Å²) in [6.45, 7) is -6.97. The van der Waals surface area contributed by atoms with Gasteiger partial charge in [-0.1, -0.05) is 22.3 Å². The summed E-state index contributed by atoms with van der Waals surface area (Å²) in [5.41, 5.74) is 19.8. The molecule has 6 N–H and O–H groups in total. The van der Waals surface area contributed by atoms with Gasteiger partial charge in [-0.2, -0.15) is 0 Å². The van der Waals surface area contributed by atoms with E-state index in [1.807, 2.05) is 0 Å². The zero-order chi connectivity index (χ0) is 45.5. The van der Waals surface area contributed by atoms with Gasteiger partial charge in [0, 0.05) is 34.4 Å². The van der Waals surface area contributed by atoms with Crippen LogP contribution in [0.25, 0.3) is 31.3 Å². The molecular formula is C33H53N9O18. The maximum Gasteiger partial charge on any atom is 0.306 e. The van der Waals surface area contributed by atoms with Crippen molar-refractivity contribution in [1.82, 2.24) is 0 Å². The largest absolute Gasteiger partial charge is 0.465 e. The Morgan fingerprint density at radius 2 is 0.583 bits per heavy atom. The van der Waals surface area contributed by atoms with Gasteiger partial charge in [-0.05, 0) is 23.0 Å². The summed E-state index contributed by atoms with van der Waals surface area (Å²) in [7, 11) is 0. The Balaban J connectivity index is 5.62. The van der Waals surface area contributed by atoms with Crippen molar-refractivity contribution in [1.29, 1.82) is 0 Å². The van der Waals surface area contributed by atoms with Crippen LogP contribution in [0.5, 0.6) is 0 Å². The molecular weight excluding hydrogens is 810 g/mol. The molecule has 27 heteroatoms. The summed E-state index contributed by atoms with van der Waals surface area (Å²) in [4.78, 5) is 82.5. The minimum atomic E-state index is -1.46. The second-order valence-electron chi connectivity index (χ2n) is 13.9. The molecule has 0 heterocycles. The molecule has 0 aromatic heterocycles. The van der Waals surface area contributed by atoms with E-state index in [4.69, 9.17) is 45.0 Å². The monoisotopic (exact) mass is 863 g/mol. The van der Waals surface area contributed by atoms with Gasteiger partial charge in [0.2, 0.25) is 0 Å². The molecule has 0 aliphatic rings. The van der Waals surface area contributed by atoms with Crippen LogP contribution in [0.4, 0.5) is 0 Å². The smallest absolute Gasteiger partial charge is 0.306 e. The van der Waals surface area contributed by atoms with Crippen LogP contribution in [-0.4, -0.2) is 165 Å². The van der Waals surface area contributed by atoms with Crippen molar-refractivity contribution < 1.29 is 87.8 Å². The summed E-state index contributed by atoms with van der Waals surface area (Å²) in [6, 6.07) is 0. The number of aliphatic hydroxyl groups is 6. The van der Waals surface area contributed by atoms with Gasteiger partial charge in [0.25, 0.3) is 0 Å². The quantitative estimate of drug-likeness (QED) is 0.0161. The van der Waals surface area contributed by atoms with Gasteiger partial charge in [0.1, 0.15) is 39.6 Å². The van der Waals surface area contributed by atoms with Crippen molar-refractivity contribution in [2.24, 2.45) is 37.0 Å². The number of carbonyl (C=O) groups is 6. The van der Waals surface area contributed by atoms with Crippen LogP contribution < -0.4 is 0 Å². The molecule has 0 unspecified atom stereocenters. The summed E-state index contributed by atoms with van der Waals surface area (Å²) in [5.74, 6) is -5.61. The van der Waals surface area contributed by atoms with E-state index in [1.54, 1.807) is 6.92 Å². The van der Waals surface area contributed by atoms with Crippen LogP contribution in [0, 0.1) is 21.7 Å². The number of ether oxygens (including phenoxy) is 6. The van der Waals surface area contributed by atoms with E-state index in [0.29, 0.717) is 0 Å². The topological polar surface area (TPSA) is 425 Å². The molecule has 0 spiro atoms. The predicted molar refractivity (Wildman–Crippen MR) is 198 cm³/mol. The van der Waals surface area contributed by atoms with Gasteiger partial charge in [-0.15, -0.1) is 0 Å². The first-order valence-corrected chi connectivity index (χ1v) is 18.2. The summed E-state index contributed by atoms with van der Waals surface area (Å²) in [5, 5.41) is 67.3. The Morgan fingerprint density at radius 1 is 0.400 bits per heavy atom. The highest BCUT2D eigenvalue weighted by atomic mass is 16.6. The fraction of sp³-hybridized carbons (Fsp3) is 0.818. The van der Waals surface area contributed by atoms with Gasteiger partial charge in [0.15, 0.2) is 0 Å². The molecule has 0 amide bonds. The SMILES string of the molecule is CCC(COC(=O)CCC(=O)OCC(CO)(CO)CN=[N+]=[N-])(COC(=O)CCC(=O)OCC(CO)(CO)CN=[N+]=[N-])COC(=O)CCC(=O)OCC(CO)(CO)CN=[N+]=[N-]. The number of hydrogen-bond donors (Lipinski definition) is 6. The molecule has 27 nitrogen and oxygen atoms in total. The van der Waals surface area contributed by atoms with E-state index in [-0.39, 0.29) is 26.1 Å². The number of hydrogen-bond acceptors (Lipinski definition) is 21. The summed E-state index contributed by atoms with van der Waals surface area (Å²) < 4.78 is 31.0. The van der Waals surface area contributed by atoms with Gasteiger partial charge < -0.3 is 59.1 Å². The van der Waals surface area contributed by atoms with Crippen LogP contribution >= 0.6 is 0 Å². The fourth-order valence-electron chi connectivity index (χ4n) is 4.28. The Bertz CT molecular complexity index is 1360. The molecule has 0 fully saturated rings. The van der Waals surface area contributed by atoms with E-state index in [1.165, 1.54) is 0 Å². The number of aliphatic hydroxyl groups excluding tert-OH is 6. The van der Waals surface area contributed by atoms with Crippen LogP contribution in [0.1, 0.15) is 51.9 Å². The van der Waals surface area contributed by atoms with Crippen molar-refractivity contribution >= 4 is 35.8 Å². The lowest BCUT2D eigenvalue weighted by atomic mass is 9.88. The number of rotatable bonds is 34. The van der Waals surface area contributed by atoms with Crippen molar-refractivity contribution in [3.63, 3.8) is 0 Å². The lowest BCUT2D eigenvalue weighted by molar-refractivity contribution is -0.166. The number of carbonyl (C=O) groups excluding carboxylic acids is 6. The van der Waals surface area contributed by atoms with Gasteiger partial charge in [0.05, 0.1) is 99.8 Å². The zero-order valence-corrected chi connectivity index (χ0v) is 33.2. The molecule has 0 aromatic rings. The molecule has 0 saturated heterocycles. The second-order valence-corrected chi connectivity index (χ2v) is 13.9. The Kier molecular flexibility index (Phi) is 27.0. The Hall–Kier alpha value is -5.49. The third-order valence-electron chi connectivity index (χ3n) is 9.01. The fourth-order valence-corrected chi connectivity index (χ4v) is 4.28. The zero-order valence-electron chi connectivity index (χ0n) is 33.2. The molecule has 0 bridgehead atoms. The lowest BCUT2D eigenvalue weighted by Gasteiger charge is -2.31. The van der Waals surface area contributed by atoms with E-state index in [9.17, 15) is 59.4 Å². The first-order chi connectivity index (χ1) is 28.6. The highest BCUT2D eigenvalue weighted by Crippen LogP contribution is 2.26. The highest BCUT2D eigenvalue weighted by Gasteiger charge is 2.36. The third-order valence-corrected chi connectivity index (χ3v) is 9.01. The molecule has 60 heavy (non-hydrogen) atoms. The maximum absolute atomic E-state index is 12.7. The average Bonchev–Trinajstić information content (AvgIpc) is 3.27. The van der Waals surface area contributed by atoms with Crippen LogP contribution in [-0.2, 0) is 57.2 Å². The molecule has 0 radical (unpaired) electrons. The summed E-state index contributed by atoms with van der Waals surface area (Å²) >= 11 is 0. The molecule has 0 aromatic carbocycles. The normalized spacial score (nSPS) is 12.2. The minimum Gasteiger partial charge on any atom is -0.465 e. The Morgan fingerprint density at radius 3 is 0.733 bits per heavy atom. The molecule has 0 rings (SSSR count). The lowest BCUT2D eigenvalue weighted by Crippen LogP contribution is -2.39. The first-order valence-electron chi connectivity index (χ1n) is 18.2. The predicted octanol–water partition coefficient (Wildman–Crippen LogP) is -0.173. The van der Waals surface area contributed by atoms with Crippen LogP contribution in [0.15, 0.2) is 15.3 Å². The minimum absolute atomic E-state index is 0.0354. The standard InChI is InChI=1S/C33H53N9O18/c1-2-30(18-55-24(49)3-6-27(52)58-21-31(12-43,13-44)9-37-40-34,19-56-25(50)4-7-28(53)59-22-32(14-45,15-46)10-38-41-35)20-57-26(51)5-8-29(54)60-23-33(16-47,17-48)11-39-42-36/h43-48H,2-23H2,1H3. The average molecular weight is 864 g/mol. The Labute approximate surface area is 342 Å². The van der Waals surface area contributed by atoms with Crippen molar-refractivity contribution in [2.45, 2.75) is 51.9 Å². The van der Waals surface area contributed by atoms with Gasteiger partial charge >= 0.3 is 35.8 Å². The molecule has 0 saturated carbocycles. The van der Waals surface area contributed by atoms with Crippen molar-refractivity contribution in [3.05, 3.63) is 31.3 Å². The van der Waals surface area contributed by atoms with Crippen LogP contribution in [0.3, 0.4) is 0 Å². The van der Waals surface area contributed by atoms with Crippen molar-refractivity contribution in [3.8, 4) is 0 Å². The molecule has 0 aliphatic heterocycles.